The lowest BCUT2D eigenvalue weighted by Crippen LogP contribution is -2.17. The molecule has 0 amide bonds. The summed E-state index contributed by atoms with van der Waals surface area (Å²) in [5, 5.41) is 0. The third-order valence-electron chi connectivity index (χ3n) is 3.40. The number of hydrogen-bond donors (Lipinski definition) is 0. The van der Waals surface area contributed by atoms with Crippen LogP contribution in [0.4, 0.5) is 4.39 Å². The molecule has 0 aliphatic heterocycles. The van der Waals surface area contributed by atoms with Gasteiger partial charge in [0.1, 0.15) is 5.82 Å². The van der Waals surface area contributed by atoms with Gasteiger partial charge in [0.25, 0.3) is 0 Å². The number of halogens is 1. The predicted octanol–water partition coefficient (Wildman–Crippen LogP) is 3.42. The van der Waals surface area contributed by atoms with Crippen LogP contribution >= 0.6 is 0 Å². The van der Waals surface area contributed by atoms with Crippen LogP contribution in [0.3, 0.4) is 0 Å². The summed E-state index contributed by atoms with van der Waals surface area (Å²) in [5.74, 6) is -0.999. The Bertz CT molecular complexity index is 757. The third kappa shape index (κ3) is 2.93. The number of nitrogens with zero attached hydrogens (tertiary/aromatic N) is 2. The molecular formula is C17H13FN2O2. The van der Waals surface area contributed by atoms with E-state index in [9.17, 15) is 9.18 Å². The molecule has 4 nitrogen and oxygen atoms in total. The maximum absolute atomic E-state index is 13.9. The van der Waals surface area contributed by atoms with Crippen molar-refractivity contribution in [2.45, 2.75) is 12.3 Å². The number of aromatic nitrogens is 2. The zero-order valence-electron chi connectivity index (χ0n) is 11.6. The maximum Gasteiger partial charge on any atom is 0.207 e. The van der Waals surface area contributed by atoms with Crippen molar-refractivity contribution in [3.05, 3.63) is 84.1 Å². The number of furan rings is 1. The molecule has 0 aliphatic carbocycles. The molecule has 3 rings (SSSR count). The van der Waals surface area contributed by atoms with Crippen molar-refractivity contribution in [3.63, 3.8) is 0 Å². The van der Waals surface area contributed by atoms with Crippen molar-refractivity contribution in [1.29, 1.82) is 0 Å². The first-order valence-electron chi connectivity index (χ1n) is 6.82. The lowest BCUT2D eigenvalue weighted by molar-refractivity contribution is 0.0929. The lowest BCUT2D eigenvalue weighted by atomic mass is 9.91. The zero-order valence-corrected chi connectivity index (χ0v) is 11.6. The van der Waals surface area contributed by atoms with Gasteiger partial charge in [0, 0.05) is 18.6 Å². The van der Waals surface area contributed by atoms with Gasteiger partial charge in [0.15, 0.2) is 5.76 Å². The Labute approximate surface area is 126 Å². The molecule has 1 unspecified atom stereocenters. The molecule has 0 bridgehead atoms. The molecule has 0 radical (unpaired) electrons. The lowest BCUT2D eigenvalue weighted by Gasteiger charge is -2.14. The SMILES string of the molecule is O=C(c1ccco1)C(Cc1ccccc1F)c1cnccn1. The molecule has 0 fully saturated rings. The molecule has 5 heteroatoms. The van der Waals surface area contributed by atoms with Gasteiger partial charge < -0.3 is 4.42 Å². The highest BCUT2D eigenvalue weighted by molar-refractivity contribution is 5.98. The molecule has 0 spiro atoms. The predicted molar refractivity (Wildman–Crippen MR) is 77.9 cm³/mol. The number of ketones is 1. The van der Waals surface area contributed by atoms with Crippen molar-refractivity contribution in [2.75, 3.05) is 0 Å². The minimum absolute atomic E-state index is 0.199. The second-order valence-corrected chi connectivity index (χ2v) is 4.82. The minimum Gasteiger partial charge on any atom is -0.461 e. The summed E-state index contributed by atoms with van der Waals surface area (Å²) in [6, 6.07) is 9.62. The van der Waals surface area contributed by atoms with Crippen molar-refractivity contribution in [3.8, 4) is 0 Å². The van der Waals surface area contributed by atoms with Crippen LogP contribution in [-0.2, 0) is 6.42 Å². The molecule has 2 heterocycles. The van der Waals surface area contributed by atoms with Crippen LogP contribution in [-0.4, -0.2) is 15.8 Å². The zero-order chi connectivity index (χ0) is 15.4. The minimum atomic E-state index is -0.642. The quantitative estimate of drug-likeness (QED) is 0.677. The average Bonchev–Trinajstić information content (AvgIpc) is 3.09. The molecule has 0 saturated heterocycles. The average molecular weight is 296 g/mol. The standard InChI is InChI=1S/C17H13FN2O2/c18-14-5-2-1-4-12(14)10-13(15-11-19-7-8-20-15)17(21)16-6-3-9-22-16/h1-9,11,13H,10H2. The Hall–Kier alpha value is -2.82. The van der Waals surface area contributed by atoms with E-state index < -0.39 is 5.92 Å². The highest BCUT2D eigenvalue weighted by atomic mass is 19.1. The number of carbonyl (C=O) groups excluding carboxylic acids is 1. The first-order chi connectivity index (χ1) is 10.8. The molecule has 3 aromatic rings. The number of benzene rings is 1. The van der Waals surface area contributed by atoms with Gasteiger partial charge >= 0.3 is 0 Å². The Morgan fingerprint density at radius 1 is 1.18 bits per heavy atom. The van der Waals surface area contributed by atoms with Crippen LogP contribution in [0.15, 0.2) is 65.7 Å². The summed E-state index contributed by atoms with van der Waals surface area (Å²) in [4.78, 5) is 20.8. The van der Waals surface area contributed by atoms with Gasteiger partial charge in [-0.2, -0.15) is 0 Å². The Morgan fingerprint density at radius 3 is 2.73 bits per heavy atom. The monoisotopic (exact) mass is 296 g/mol. The molecular weight excluding hydrogens is 283 g/mol. The van der Waals surface area contributed by atoms with Crippen molar-refractivity contribution < 1.29 is 13.6 Å². The molecule has 110 valence electrons. The maximum atomic E-state index is 13.9. The summed E-state index contributed by atoms with van der Waals surface area (Å²) < 4.78 is 19.1. The molecule has 0 saturated carbocycles. The van der Waals surface area contributed by atoms with Crippen molar-refractivity contribution >= 4 is 5.78 Å². The molecule has 1 atom stereocenters. The van der Waals surface area contributed by atoms with E-state index in [1.54, 1.807) is 30.3 Å². The number of Topliss-reactive ketones (excluding diaryl/α,β-unsaturated/α-hetero) is 1. The van der Waals surface area contributed by atoms with Crippen LogP contribution in [0.25, 0.3) is 0 Å². The number of hydrogen-bond acceptors (Lipinski definition) is 4. The second kappa shape index (κ2) is 6.30. The fourth-order valence-electron chi connectivity index (χ4n) is 2.30. The third-order valence-corrected chi connectivity index (χ3v) is 3.40. The summed E-state index contributed by atoms with van der Waals surface area (Å²) in [7, 11) is 0. The fraction of sp³-hybridized carbons (Fsp3) is 0.118. The summed E-state index contributed by atoms with van der Waals surface area (Å²) in [5.41, 5.74) is 0.949. The Balaban J connectivity index is 1.97. The highest BCUT2D eigenvalue weighted by Crippen LogP contribution is 2.25. The van der Waals surface area contributed by atoms with Crippen molar-refractivity contribution in [1.82, 2.24) is 9.97 Å². The van der Waals surface area contributed by atoms with Crippen LogP contribution in [0.5, 0.6) is 0 Å². The number of rotatable bonds is 5. The normalized spacial score (nSPS) is 12.0. The van der Waals surface area contributed by atoms with Crippen LogP contribution in [0, 0.1) is 5.82 Å². The van der Waals surface area contributed by atoms with E-state index >= 15 is 0 Å². The van der Waals surface area contributed by atoms with Gasteiger partial charge in [-0.15, -0.1) is 0 Å². The molecule has 0 N–H and O–H groups in total. The second-order valence-electron chi connectivity index (χ2n) is 4.82. The van der Waals surface area contributed by atoms with Gasteiger partial charge in [-0.05, 0) is 30.2 Å². The van der Waals surface area contributed by atoms with Gasteiger partial charge in [-0.1, -0.05) is 18.2 Å². The van der Waals surface area contributed by atoms with Crippen LogP contribution in [0.2, 0.25) is 0 Å². The largest absolute Gasteiger partial charge is 0.461 e. The van der Waals surface area contributed by atoms with Gasteiger partial charge in [-0.25, -0.2) is 4.39 Å². The van der Waals surface area contributed by atoms with E-state index in [-0.39, 0.29) is 23.8 Å². The van der Waals surface area contributed by atoms with Gasteiger partial charge in [0.05, 0.1) is 17.9 Å². The van der Waals surface area contributed by atoms with E-state index in [1.165, 1.54) is 30.9 Å². The summed E-state index contributed by atoms with van der Waals surface area (Å²) >= 11 is 0. The molecule has 1 aromatic carbocycles. The molecule has 22 heavy (non-hydrogen) atoms. The van der Waals surface area contributed by atoms with E-state index in [1.807, 2.05) is 0 Å². The Kier molecular flexibility index (Phi) is 4.05. The smallest absolute Gasteiger partial charge is 0.207 e. The first-order valence-corrected chi connectivity index (χ1v) is 6.82. The van der Waals surface area contributed by atoms with E-state index in [2.05, 4.69) is 9.97 Å². The summed E-state index contributed by atoms with van der Waals surface area (Å²) in [6.45, 7) is 0. The summed E-state index contributed by atoms with van der Waals surface area (Å²) in [6.07, 6.45) is 6.20. The number of carbonyl (C=O) groups is 1. The van der Waals surface area contributed by atoms with E-state index in [0.717, 1.165) is 0 Å². The van der Waals surface area contributed by atoms with Crippen LogP contribution in [0.1, 0.15) is 27.7 Å². The first kappa shape index (κ1) is 14.1. The van der Waals surface area contributed by atoms with E-state index in [4.69, 9.17) is 4.42 Å². The van der Waals surface area contributed by atoms with Gasteiger partial charge in [-0.3, -0.25) is 14.8 Å². The topological polar surface area (TPSA) is 56.0 Å². The van der Waals surface area contributed by atoms with Gasteiger partial charge in [0.2, 0.25) is 5.78 Å². The molecule has 0 aliphatic rings. The Morgan fingerprint density at radius 2 is 2.05 bits per heavy atom. The molecule has 2 aromatic heterocycles. The van der Waals surface area contributed by atoms with Crippen LogP contribution < -0.4 is 0 Å². The highest BCUT2D eigenvalue weighted by Gasteiger charge is 2.26. The van der Waals surface area contributed by atoms with Crippen molar-refractivity contribution in [2.24, 2.45) is 0 Å². The van der Waals surface area contributed by atoms with E-state index in [0.29, 0.717) is 11.3 Å². The fourth-order valence-corrected chi connectivity index (χ4v) is 2.30.